The molecule has 7 aliphatic carbocycles. The van der Waals surface area contributed by atoms with Gasteiger partial charge in [0.1, 0.15) is 0 Å². The summed E-state index contributed by atoms with van der Waals surface area (Å²) in [5.41, 5.74) is 23.6. The van der Waals surface area contributed by atoms with Crippen LogP contribution in [0.4, 0.5) is 17.1 Å². The van der Waals surface area contributed by atoms with Crippen molar-refractivity contribution in [1.29, 1.82) is 0 Å². The first kappa shape index (κ1) is 37.9. The number of hydrogen-bond acceptors (Lipinski definition) is 1. The first-order valence-corrected chi connectivity index (χ1v) is 24.8. The van der Waals surface area contributed by atoms with Crippen LogP contribution in [0.15, 0.2) is 188 Å². The van der Waals surface area contributed by atoms with Crippen molar-refractivity contribution in [3.8, 4) is 55.6 Å². The summed E-state index contributed by atoms with van der Waals surface area (Å²) in [5, 5.41) is 0. The van der Waals surface area contributed by atoms with Gasteiger partial charge in [-0.1, -0.05) is 159 Å². The number of rotatable bonds is 6. The zero-order chi connectivity index (χ0) is 42.7. The zero-order valence-electron chi connectivity index (χ0n) is 37.2. The molecule has 2 spiro atoms. The van der Waals surface area contributed by atoms with E-state index in [1.807, 2.05) is 0 Å². The quantitative estimate of drug-likeness (QED) is 0.161. The average molecular weight is 838 g/mol. The topological polar surface area (TPSA) is 3.24 Å². The Balaban J connectivity index is 0.881. The van der Waals surface area contributed by atoms with Gasteiger partial charge in [0, 0.05) is 27.9 Å². The minimum absolute atomic E-state index is 0.126. The molecule has 15 rings (SSSR count). The van der Waals surface area contributed by atoms with Crippen molar-refractivity contribution >= 4 is 17.1 Å². The molecule has 8 aromatic rings. The lowest BCUT2D eigenvalue weighted by Gasteiger charge is -2.61. The highest BCUT2D eigenvalue weighted by atomic mass is 15.1. The Morgan fingerprint density at radius 1 is 0.323 bits per heavy atom. The van der Waals surface area contributed by atoms with Crippen LogP contribution in [0.25, 0.3) is 55.6 Å². The van der Waals surface area contributed by atoms with Gasteiger partial charge in [-0.15, -0.1) is 0 Å². The molecule has 65 heavy (non-hydrogen) atoms. The second-order valence-electron chi connectivity index (χ2n) is 20.8. The van der Waals surface area contributed by atoms with E-state index in [2.05, 4.69) is 193 Å². The summed E-state index contributed by atoms with van der Waals surface area (Å²) >= 11 is 0. The number of benzene rings is 8. The van der Waals surface area contributed by atoms with Crippen molar-refractivity contribution < 1.29 is 0 Å². The maximum Gasteiger partial charge on any atom is 0.0467 e. The lowest BCUT2D eigenvalue weighted by atomic mass is 9.43. The van der Waals surface area contributed by atoms with E-state index in [4.69, 9.17) is 0 Å². The van der Waals surface area contributed by atoms with Crippen molar-refractivity contribution in [1.82, 2.24) is 0 Å². The molecule has 0 heterocycles. The molecule has 0 amide bonds. The molecule has 0 aromatic heterocycles. The first-order chi connectivity index (χ1) is 32.1. The summed E-state index contributed by atoms with van der Waals surface area (Å²) in [6.45, 7) is 0. The summed E-state index contributed by atoms with van der Waals surface area (Å²) in [6, 6.07) is 72.3. The Morgan fingerprint density at radius 2 is 0.800 bits per heavy atom. The minimum Gasteiger partial charge on any atom is -0.310 e. The van der Waals surface area contributed by atoms with Gasteiger partial charge in [0.05, 0.1) is 0 Å². The SMILES string of the molecule is c1ccc(-c2ccc(N(c3cccc(-c4ccc5c(c4)C4(CCCCC4)c4ccccc4-5)c3)c3cccc(-c4ccc5c(c4)[C@]4(c6ccccc6-5)[C@@H]5CC6C[C@@H](C5)C[C@@H]4C6)c3)cc2)cc1. The number of nitrogens with zero attached hydrogens (tertiary/aromatic N) is 1. The molecule has 0 aliphatic heterocycles. The maximum atomic E-state index is 2.64. The van der Waals surface area contributed by atoms with E-state index in [0.717, 1.165) is 29.4 Å². The van der Waals surface area contributed by atoms with Crippen molar-refractivity contribution in [3.05, 3.63) is 210 Å². The van der Waals surface area contributed by atoms with Gasteiger partial charge in [-0.05, 0) is 195 Å². The summed E-state index contributed by atoms with van der Waals surface area (Å²) < 4.78 is 0. The lowest BCUT2D eigenvalue weighted by molar-refractivity contribution is -0.0399. The van der Waals surface area contributed by atoms with Gasteiger partial charge in [-0.2, -0.15) is 0 Å². The van der Waals surface area contributed by atoms with Gasteiger partial charge in [0.2, 0.25) is 0 Å². The molecule has 316 valence electrons. The highest BCUT2D eigenvalue weighted by Gasteiger charge is 2.61. The van der Waals surface area contributed by atoms with Crippen LogP contribution in [-0.2, 0) is 10.8 Å². The first-order valence-electron chi connectivity index (χ1n) is 24.8. The van der Waals surface area contributed by atoms with E-state index in [1.165, 1.54) is 137 Å². The summed E-state index contributed by atoms with van der Waals surface area (Å²) in [7, 11) is 0. The molecule has 5 fully saturated rings. The Hall–Kier alpha value is -6.44. The average Bonchev–Trinajstić information content (AvgIpc) is 3.80. The van der Waals surface area contributed by atoms with Crippen molar-refractivity contribution in [2.45, 2.75) is 75.0 Å². The standard InChI is InChI=1S/C64H55N/c1-3-13-44(14-4-1)45-23-27-52(28-24-45)65(53-17-11-15-46(38-53)48-25-29-57-55-19-5-7-21-59(55)63(61(57)40-48)31-9-2-10-32-63)54-18-12-16-47(39-54)49-26-30-58-56-20-6-8-22-60(56)64(62(58)41-49)50-34-42-33-43(36-50)37-51(64)35-42/h1,3-8,11-30,38-43,50-51H,2,9-10,31-37H2/t42-,43?,50-,51+,64+. The van der Waals surface area contributed by atoms with Crippen LogP contribution in [-0.4, -0.2) is 0 Å². The molecule has 0 radical (unpaired) electrons. The van der Waals surface area contributed by atoms with Gasteiger partial charge in [-0.25, -0.2) is 0 Å². The Labute approximate surface area is 384 Å². The van der Waals surface area contributed by atoms with Gasteiger partial charge in [-0.3, -0.25) is 0 Å². The fourth-order valence-corrected chi connectivity index (χ4v) is 15.2. The third-order valence-corrected chi connectivity index (χ3v) is 17.6. The largest absolute Gasteiger partial charge is 0.310 e. The highest BCUT2D eigenvalue weighted by Crippen LogP contribution is 2.69. The zero-order valence-corrected chi connectivity index (χ0v) is 37.2. The third-order valence-electron chi connectivity index (χ3n) is 17.6. The molecule has 1 heteroatoms. The Bertz CT molecular complexity index is 3120. The van der Waals surface area contributed by atoms with Crippen LogP contribution in [0.1, 0.15) is 86.5 Å². The normalized spacial score (nSPS) is 23.6. The monoisotopic (exact) mass is 837 g/mol. The van der Waals surface area contributed by atoms with Crippen LogP contribution >= 0.6 is 0 Å². The molecular formula is C64H55N. The van der Waals surface area contributed by atoms with Crippen LogP contribution in [0.2, 0.25) is 0 Å². The molecule has 4 bridgehead atoms. The summed E-state index contributed by atoms with van der Waals surface area (Å²) in [6.07, 6.45) is 13.5. The predicted octanol–water partition coefficient (Wildman–Crippen LogP) is 17.1. The van der Waals surface area contributed by atoms with E-state index in [0.29, 0.717) is 0 Å². The Morgan fingerprint density at radius 3 is 1.45 bits per heavy atom. The molecule has 7 aliphatic rings. The van der Waals surface area contributed by atoms with Crippen LogP contribution in [0.5, 0.6) is 0 Å². The summed E-state index contributed by atoms with van der Waals surface area (Å²) in [5.74, 6) is 3.36. The lowest BCUT2D eigenvalue weighted by Crippen LogP contribution is -2.55. The van der Waals surface area contributed by atoms with Crippen LogP contribution in [0.3, 0.4) is 0 Å². The predicted molar refractivity (Wildman–Crippen MR) is 270 cm³/mol. The Kier molecular flexibility index (Phi) is 8.47. The van der Waals surface area contributed by atoms with E-state index >= 15 is 0 Å². The fourth-order valence-electron chi connectivity index (χ4n) is 15.2. The van der Waals surface area contributed by atoms with Crippen LogP contribution in [0, 0.1) is 23.7 Å². The molecule has 0 unspecified atom stereocenters. The maximum absolute atomic E-state index is 2.64. The highest BCUT2D eigenvalue weighted by molar-refractivity contribution is 5.88. The fraction of sp³-hybridized carbons (Fsp3) is 0.250. The molecule has 5 saturated carbocycles. The van der Waals surface area contributed by atoms with Gasteiger partial charge < -0.3 is 4.90 Å². The van der Waals surface area contributed by atoms with E-state index in [1.54, 1.807) is 16.7 Å². The van der Waals surface area contributed by atoms with E-state index < -0.39 is 0 Å². The smallest absolute Gasteiger partial charge is 0.0467 e. The van der Waals surface area contributed by atoms with E-state index in [-0.39, 0.29) is 10.8 Å². The van der Waals surface area contributed by atoms with Gasteiger partial charge in [0.25, 0.3) is 0 Å². The summed E-state index contributed by atoms with van der Waals surface area (Å²) in [4.78, 5) is 2.48. The third kappa shape index (κ3) is 5.64. The van der Waals surface area contributed by atoms with Gasteiger partial charge in [0.15, 0.2) is 0 Å². The van der Waals surface area contributed by atoms with Crippen LogP contribution < -0.4 is 4.90 Å². The minimum atomic E-state index is 0.126. The second-order valence-corrected chi connectivity index (χ2v) is 20.8. The molecule has 0 atom stereocenters. The molecule has 0 N–H and O–H groups in total. The second kappa shape index (κ2) is 14.5. The molecular weight excluding hydrogens is 783 g/mol. The number of fused-ring (bicyclic) bond motifs is 8. The van der Waals surface area contributed by atoms with Crippen molar-refractivity contribution in [3.63, 3.8) is 0 Å². The molecule has 1 nitrogen and oxygen atoms in total. The number of hydrogen-bond donors (Lipinski definition) is 0. The van der Waals surface area contributed by atoms with Crippen molar-refractivity contribution in [2.75, 3.05) is 4.90 Å². The molecule has 8 aromatic carbocycles. The molecule has 0 saturated heterocycles. The number of anilines is 3. The van der Waals surface area contributed by atoms with Gasteiger partial charge >= 0.3 is 0 Å². The van der Waals surface area contributed by atoms with Crippen molar-refractivity contribution in [2.24, 2.45) is 23.7 Å². The van der Waals surface area contributed by atoms with E-state index in [9.17, 15) is 0 Å².